The molecule has 0 aliphatic heterocycles. The third kappa shape index (κ3) is 8.05. The van der Waals surface area contributed by atoms with Gasteiger partial charge in [0.25, 0.3) is 5.91 Å². The summed E-state index contributed by atoms with van der Waals surface area (Å²) in [7, 11) is 0. The molecule has 0 aromatic heterocycles. The van der Waals surface area contributed by atoms with Crippen molar-refractivity contribution < 1.29 is 10.0 Å². The van der Waals surface area contributed by atoms with E-state index in [1.54, 1.807) is 11.6 Å². The standard InChI is InChI=1S/C21H26BrN3O2/c1-2-25(14-13-23-15-18-7-10-20(22)11-8-18)16-19-5-3-17(4-6-19)9-12-21(26)24-27/h3-12,23,27H,2,13-16H2,1H3,(H,24,26)/b12-9+. The van der Waals surface area contributed by atoms with Gasteiger partial charge in [0.1, 0.15) is 0 Å². The van der Waals surface area contributed by atoms with Crippen LogP contribution in [0.4, 0.5) is 0 Å². The monoisotopic (exact) mass is 431 g/mol. The molecule has 0 aliphatic rings. The summed E-state index contributed by atoms with van der Waals surface area (Å²) < 4.78 is 1.10. The highest BCUT2D eigenvalue weighted by molar-refractivity contribution is 9.10. The Hall–Kier alpha value is -1.99. The van der Waals surface area contributed by atoms with Crippen LogP contribution in [0.15, 0.2) is 59.1 Å². The van der Waals surface area contributed by atoms with Crippen LogP contribution in [0.3, 0.4) is 0 Å². The highest BCUT2D eigenvalue weighted by Gasteiger charge is 2.04. The van der Waals surface area contributed by atoms with E-state index in [4.69, 9.17) is 5.21 Å². The molecule has 144 valence electrons. The summed E-state index contributed by atoms with van der Waals surface area (Å²) in [5, 5.41) is 12.0. The third-order valence-electron chi connectivity index (χ3n) is 4.22. The zero-order valence-corrected chi connectivity index (χ0v) is 17.1. The van der Waals surface area contributed by atoms with Gasteiger partial charge in [0, 0.05) is 36.7 Å². The Balaban J connectivity index is 1.76. The lowest BCUT2D eigenvalue weighted by Crippen LogP contribution is -2.31. The minimum atomic E-state index is -0.535. The Kier molecular flexibility index (Phi) is 9.21. The topological polar surface area (TPSA) is 64.6 Å². The van der Waals surface area contributed by atoms with E-state index in [0.29, 0.717) is 0 Å². The molecule has 0 bridgehead atoms. The van der Waals surface area contributed by atoms with E-state index >= 15 is 0 Å². The number of likely N-dealkylation sites (N-methyl/N-ethyl adjacent to an activating group) is 1. The van der Waals surface area contributed by atoms with Crippen LogP contribution in [0.1, 0.15) is 23.6 Å². The summed E-state index contributed by atoms with van der Waals surface area (Å²) in [5.41, 5.74) is 5.00. The van der Waals surface area contributed by atoms with Gasteiger partial charge < -0.3 is 5.32 Å². The molecule has 2 aromatic rings. The normalized spacial score (nSPS) is 11.3. The maximum atomic E-state index is 11.0. The smallest absolute Gasteiger partial charge is 0.267 e. The molecular weight excluding hydrogens is 406 g/mol. The van der Waals surface area contributed by atoms with Crippen molar-refractivity contribution in [2.24, 2.45) is 0 Å². The minimum absolute atomic E-state index is 0.535. The summed E-state index contributed by atoms with van der Waals surface area (Å²) in [6.07, 6.45) is 2.96. The van der Waals surface area contributed by atoms with Crippen LogP contribution in [-0.4, -0.2) is 35.6 Å². The fourth-order valence-corrected chi connectivity index (χ4v) is 2.89. The number of carbonyl (C=O) groups is 1. The first kappa shape index (κ1) is 21.3. The zero-order valence-electron chi connectivity index (χ0n) is 15.5. The summed E-state index contributed by atoms with van der Waals surface area (Å²) in [5.74, 6) is -0.535. The van der Waals surface area contributed by atoms with E-state index in [9.17, 15) is 4.79 Å². The number of nitrogens with one attached hydrogen (secondary N) is 2. The van der Waals surface area contributed by atoms with Gasteiger partial charge >= 0.3 is 0 Å². The molecule has 0 spiro atoms. The van der Waals surface area contributed by atoms with Gasteiger partial charge in [0.05, 0.1) is 0 Å². The third-order valence-corrected chi connectivity index (χ3v) is 4.75. The predicted octanol–water partition coefficient (Wildman–Crippen LogP) is 3.58. The van der Waals surface area contributed by atoms with Crippen molar-refractivity contribution in [3.05, 3.63) is 75.8 Å². The van der Waals surface area contributed by atoms with Crippen LogP contribution in [0, 0.1) is 0 Å². The number of halogens is 1. The molecule has 0 heterocycles. The summed E-state index contributed by atoms with van der Waals surface area (Å²) in [6, 6.07) is 16.4. The Morgan fingerprint density at radius 1 is 1.11 bits per heavy atom. The van der Waals surface area contributed by atoms with Crippen LogP contribution in [0.5, 0.6) is 0 Å². The van der Waals surface area contributed by atoms with Crippen molar-refractivity contribution in [2.45, 2.75) is 20.0 Å². The van der Waals surface area contributed by atoms with Crippen molar-refractivity contribution in [1.82, 2.24) is 15.7 Å². The van der Waals surface area contributed by atoms with Crippen LogP contribution < -0.4 is 10.8 Å². The van der Waals surface area contributed by atoms with Crippen LogP contribution in [0.2, 0.25) is 0 Å². The maximum Gasteiger partial charge on any atom is 0.267 e. The Bertz CT molecular complexity index is 730. The van der Waals surface area contributed by atoms with Gasteiger partial charge in [-0.05, 0) is 41.4 Å². The summed E-state index contributed by atoms with van der Waals surface area (Å²) >= 11 is 3.45. The number of hydrogen-bond donors (Lipinski definition) is 3. The minimum Gasteiger partial charge on any atom is -0.311 e. The number of carbonyl (C=O) groups excluding carboxylic acids is 1. The van der Waals surface area contributed by atoms with Crippen LogP contribution in [0.25, 0.3) is 6.08 Å². The second-order valence-corrected chi connectivity index (χ2v) is 7.14. The molecular formula is C21H26BrN3O2. The average molecular weight is 432 g/mol. The first-order valence-corrected chi connectivity index (χ1v) is 9.78. The van der Waals surface area contributed by atoms with Gasteiger partial charge in [0.15, 0.2) is 0 Å². The van der Waals surface area contributed by atoms with Gasteiger partial charge in [-0.15, -0.1) is 0 Å². The number of benzene rings is 2. The highest BCUT2D eigenvalue weighted by atomic mass is 79.9. The molecule has 1 amide bonds. The SMILES string of the molecule is CCN(CCNCc1ccc(Br)cc1)Cc1ccc(/C=C/C(=O)NO)cc1. The van der Waals surface area contributed by atoms with Crippen LogP contribution in [-0.2, 0) is 17.9 Å². The molecule has 3 N–H and O–H groups in total. The van der Waals surface area contributed by atoms with E-state index < -0.39 is 5.91 Å². The molecule has 0 atom stereocenters. The van der Waals surface area contributed by atoms with E-state index in [1.165, 1.54) is 17.2 Å². The fraction of sp³-hybridized carbons (Fsp3) is 0.286. The van der Waals surface area contributed by atoms with Crippen molar-refractivity contribution in [1.29, 1.82) is 0 Å². The number of hydrogen-bond acceptors (Lipinski definition) is 4. The van der Waals surface area contributed by atoms with Gasteiger partial charge in [-0.1, -0.05) is 59.3 Å². The lowest BCUT2D eigenvalue weighted by atomic mass is 10.1. The van der Waals surface area contributed by atoms with Crippen molar-refractivity contribution in [3.63, 3.8) is 0 Å². The highest BCUT2D eigenvalue weighted by Crippen LogP contribution is 2.11. The van der Waals surface area contributed by atoms with Gasteiger partial charge in [-0.25, -0.2) is 5.48 Å². The van der Waals surface area contributed by atoms with E-state index in [1.807, 2.05) is 12.1 Å². The molecule has 0 radical (unpaired) electrons. The molecule has 0 saturated carbocycles. The average Bonchev–Trinajstić information content (AvgIpc) is 2.70. The van der Waals surface area contributed by atoms with E-state index in [2.05, 4.69) is 69.5 Å². The van der Waals surface area contributed by atoms with E-state index in [-0.39, 0.29) is 0 Å². The first-order chi connectivity index (χ1) is 13.1. The zero-order chi connectivity index (χ0) is 19.5. The Morgan fingerprint density at radius 2 is 1.78 bits per heavy atom. The Morgan fingerprint density at radius 3 is 2.41 bits per heavy atom. The van der Waals surface area contributed by atoms with Gasteiger partial charge in [-0.3, -0.25) is 14.9 Å². The number of amides is 1. The number of rotatable bonds is 10. The summed E-state index contributed by atoms with van der Waals surface area (Å²) in [4.78, 5) is 13.4. The quantitative estimate of drug-likeness (QED) is 0.233. The fourth-order valence-electron chi connectivity index (χ4n) is 2.62. The second kappa shape index (κ2) is 11.7. The van der Waals surface area contributed by atoms with Crippen molar-refractivity contribution in [2.75, 3.05) is 19.6 Å². The molecule has 2 rings (SSSR count). The van der Waals surface area contributed by atoms with E-state index in [0.717, 1.165) is 42.8 Å². The van der Waals surface area contributed by atoms with Crippen molar-refractivity contribution in [3.8, 4) is 0 Å². The van der Waals surface area contributed by atoms with Crippen molar-refractivity contribution >= 4 is 27.9 Å². The van der Waals surface area contributed by atoms with Crippen LogP contribution >= 0.6 is 15.9 Å². The lowest BCUT2D eigenvalue weighted by molar-refractivity contribution is -0.124. The number of nitrogens with zero attached hydrogens (tertiary/aromatic N) is 1. The van der Waals surface area contributed by atoms with Gasteiger partial charge in [0.2, 0.25) is 0 Å². The molecule has 0 fully saturated rings. The Labute approximate surface area is 169 Å². The largest absolute Gasteiger partial charge is 0.311 e. The number of hydroxylamine groups is 1. The lowest BCUT2D eigenvalue weighted by Gasteiger charge is -2.21. The molecule has 6 heteroatoms. The molecule has 0 unspecified atom stereocenters. The molecule has 0 saturated heterocycles. The second-order valence-electron chi connectivity index (χ2n) is 6.22. The first-order valence-electron chi connectivity index (χ1n) is 8.99. The van der Waals surface area contributed by atoms with Gasteiger partial charge in [-0.2, -0.15) is 0 Å². The molecule has 2 aromatic carbocycles. The predicted molar refractivity (Wildman–Crippen MR) is 112 cm³/mol. The summed E-state index contributed by atoms with van der Waals surface area (Å²) in [6.45, 7) is 6.81. The maximum absolute atomic E-state index is 11.0. The molecule has 5 nitrogen and oxygen atoms in total. The molecule has 27 heavy (non-hydrogen) atoms. The molecule has 0 aliphatic carbocycles.